The predicted octanol–water partition coefficient (Wildman–Crippen LogP) is 10.2. The summed E-state index contributed by atoms with van der Waals surface area (Å²) in [7, 11) is -3.19. The number of phosphoric acid groups is 1. The normalized spacial score (nSPS) is 13.7. The molecule has 0 spiro atoms. The van der Waals surface area contributed by atoms with E-state index >= 15 is 0 Å². The Morgan fingerprint density at radius 2 is 1.07 bits per heavy atom. The first-order valence-electron chi connectivity index (χ1n) is 17.4. The Hall–Kier alpha value is -1.21. The molecule has 0 aliphatic carbocycles. The van der Waals surface area contributed by atoms with Crippen molar-refractivity contribution in [2.24, 2.45) is 0 Å². The van der Waals surface area contributed by atoms with Gasteiger partial charge in [0.2, 0.25) is 0 Å². The molecule has 0 fully saturated rings. The van der Waals surface area contributed by atoms with Gasteiger partial charge < -0.3 is 14.4 Å². The van der Waals surface area contributed by atoms with Crippen LogP contribution in [-0.4, -0.2) is 43.3 Å². The Balaban J connectivity index is 4.09. The van der Waals surface area contributed by atoms with E-state index in [-0.39, 0.29) is 19.0 Å². The first-order valence-corrected chi connectivity index (χ1v) is 18.9. The first kappa shape index (κ1) is 41.8. The van der Waals surface area contributed by atoms with Crippen molar-refractivity contribution in [3.05, 3.63) is 12.2 Å². The Morgan fingerprint density at radius 3 is 1.58 bits per heavy atom. The third-order valence-corrected chi connectivity index (χ3v) is 8.45. The molecule has 1 N–H and O–H groups in total. The van der Waals surface area contributed by atoms with Crippen molar-refractivity contribution in [1.82, 2.24) is 0 Å². The Kier molecular flexibility index (Phi) is 29.9. The second-order valence-corrected chi connectivity index (χ2v) is 13.2. The summed E-state index contributed by atoms with van der Waals surface area (Å²) >= 11 is 0. The van der Waals surface area contributed by atoms with Crippen LogP contribution in [0, 0.1) is 0 Å². The fourth-order valence-electron chi connectivity index (χ4n) is 4.76. The molecule has 43 heavy (non-hydrogen) atoms. The van der Waals surface area contributed by atoms with Crippen molar-refractivity contribution in [3.8, 4) is 0 Å². The molecular weight excluding hydrogens is 567 g/mol. The fourth-order valence-corrected chi connectivity index (χ4v) is 5.22. The number of esters is 2. The molecule has 0 heterocycles. The maximum absolute atomic E-state index is 12.4. The highest BCUT2D eigenvalue weighted by Crippen LogP contribution is 2.42. The van der Waals surface area contributed by atoms with Crippen LogP contribution < -0.4 is 0 Å². The quantitative estimate of drug-likeness (QED) is 0.0338. The summed E-state index contributed by atoms with van der Waals surface area (Å²) in [5.74, 6) is -0.812. The van der Waals surface area contributed by atoms with Crippen LogP contribution in [0.2, 0.25) is 0 Å². The number of unbranched alkanes of at least 4 members (excludes halogenated alkanes) is 19. The van der Waals surface area contributed by atoms with Gasteiger partial charge in [0, 0.05) is 20.0 Å². The van der Waals surface area contributed by atoms with Gasteiger partial charge in [-0.15, -0.1) is 0 Å². The van der Waals surface area contributed by atoms with Gasteiger partial charge in [-0.3, -0.25) is 18.6 Å². The number of rotatable bonds is 32. The number of allylic oxidation sites excluding steroid dienone is 2. The van der Waals surface area contributed by atoms with E-state index in [4.69, 9.17) is 14.0 Å². The monoisotopic (exact) mass is 632 g/mol. The second-order valence-electron chi connectivity index (χ2n) is 11.7. The van der Waals surface area contributed by atoms with Crippen LogP contribution in [0.1, 0.15) is 168 Å². The minimum Gasteiger partial charge on any atom is -0.462 e. The highest BCUT2D eigenvalue weighted by molar-refractivity contribution is 7.47. The standard InChI is InChI=1S/C34H65O8P/c1-4-6-8-10-12-14-16-17-19-20-22-24-26-28-33(35)40-30-32(31-41-43(37,38)39-3)42-34(36)29-27-25-23-21-18-15-13-11-9-7-5-2/h11,13,32H,4-10,12,14-31H2,1-3H3,(H,37,38)/b13-11-. The maximum atomic E-state index is 12.4. The fraction of sp³-hybridized carbons (Fsp3) is 0.882. The van der Waals surface area contributed by atoms with E-state index in [9.17, 15) is 19.0 Å². The number of ether oxygens (including phenoxy) is 2. The predicted molar refractivity (Wildman–Crippen MR) is 175 cm³/mol. The highest BCUT2D eigenvalue weighted by atomic mass is 31.2. The van der Waals surface area contributed by atoms with Gasteiger partial charge in [-0.1, -0.05) is 135 Å². The molecule has 0 aliphatic heterocycles. The van der Waals surface area contributed by atoms with Crippen molar-refractivity contribution < 1.29 is 37.6 Å². The number of phosphoric ester groups is 1. The van der Waals surface area contributed by atoms with E-state index in [1.807, 2.05) is 0 Å². The summed E-state index contributed by atoms with van der Waals surface area (Å²) in [5.41, 5.74) is 0. The van der Waals surface area contributed by atoms with Crippen LogP contribution in [0.25, 0.3) is 0 Å². The van der Waals surface area contributed by atoms with Gasteiger partial charge in [-0.25, -0.2) is 4.57 Å². The molecule has 2 unspecified atom stereocenters. The van der Waals surface area contributed by atoms with Gasteiger partial charge in [-0.05, 0) is 32.1 Å². The number of hydrogen-bond donors (Lipinski definition) is 1. The number of carbonyl (C=O) groups excluding carboxylic acids is 2. The third kappa shape index (κ3) is 30.6. The Morgan fingerprint density at radius 1 is 0.628 bits per heavy atom. The minimum absolute atomic E-state index is 0.224. The summed E-state index contributed by atoms with van der Waals surface area (Å²) in [6.45, 7) is 3.82. The average Bonchev–Trinajstić information content (AvgIpc) is 2.99. The van der Waals surface area contributed by atoms with E-state index in [1.54, 1.807) is 0 Å². The van der Waals surface area contributed by atoms with Gasteiger partial charge in [0.05, 0.1) is 6.61 Å². The zero-order valence-electron chi connectivity index (χ0n) is 27.9. The number of carbonyl (C=O) groups is 2. The Labute approximate surface area is 263 Å². The van der Waals surface area contributed by atoms with Crippen molar-refractivity contribution in [3.63, 3.8) is 0 Å². The van der Waals surface area contributed by atoms with Crippen LogP contribution in [0.3, 0.4) is 0 Å². The van der Waals surface area contributed by atoms with E-state index in [0.717, 1.165) is 64.9 Å². The average molecular weight is 633 g/mol. The molecule has 0 aromatic rings. The van der Waals surface area contributed by atoms with E-state index in [2.05, 4.69) is 30.5 Å². The smallest absolute Gasteiger partial charge is 0.462 e. The maximum Gasteiger partial charge on any atom is 0.472 e. The molecule has 0 radical (unpaired) electrons. The van der Waals surface area contributed by atoms with Crippen molar-refractivity contribution in [2.75, 3.05) is 20.3 Å². The second kappa shape index (κ2) is 30.8. The van der Waals surface area contributed by atoms with Crippen LogP contribution in [0.4, 0.5) is 0 Å². The number of hydrogen-bond acceptors (Lipinski definition) is 7. The summed E-state index contributed by atoms with van der Waals surface area (Å²) < 4.78 is 31.7. The lowest BCUT2D eigenvalue weighted by molar-refractivity contribution is -0.161. The summed E-state index contributed by atoms with van der Waals surface area (Å²) in [6, 6.07) is 0. The summed E-state index contributed by atoms with van der Waals surface area (Å²) in [4.78, 5) is 34.2. The van der Waals surface area contributed by atoms with Crippen molar-refractivity contribution in [1.29, 1.82) is 0 Å². The summed E-state index contributed by atoms with van der Waals surface area (Å²) in [5, 5.41) is 0. The minimum atomic E-state index is -4.25. The lowest BCUT2D eigenvalue weighted by Gasteiger charge is -2.19. The van der Waals surface area contributed by atoms with E-state index in [1.165, 1.54) is 77.0 Å². The molecule has 0 bridgehead atoms. The van der Waals surface area contributed by atoms with Gasteiger partial charge >= 0.3 is 19.8 Å². The molecule has 2 atom stereocenters. The molecule has 0 amide bonds. The van der Waals surface area contributed by atoms with Crippen LogP contribution in [0.5, 0.6) is 0 Å². The van der Waals surface area contributed by atoms with Crippen molar-refractivity contribution in [2.45, 2.75) is 174 Å². The third-order valence-electron chi connectivity index (χ3n) is 7.51. The zero-order chi connectivity index (χ0) is 31.9. The molecule has 0 saturated heterocycles. The largest absolute Gasteiger partial charge is 0.472 e. The van der Waals surface area contributed by atoms with Crippen molar-refractivity contribution >= 4 is 19.8 Å². The molecule has 0 saturated carbocycles. The van der Waals surface area contributed by atoms with Crippen LogP contribution in [-0.2, 0) is 32.7 Å². The first-order chi connectivity index (χ1) is 20.8. The lowest BCUT2D eigenvalue weighted by atomic mass is 10.0. The van der Waals surface area contributed by atoms with E-state index in [0.29, 0.717) is 12.8 Å². The van der Waals surface area contributed by atoms with Gasteiger partial charge in [0.25, 0.3) is 0 Å². The van der Waals surface area contributed by atoms with Gasteiger partial charge in [-0.2, -0.15) is 0 Å². The summed E-state index contributed by atoms with van der Waals surface area (Å²) in [6.07, 6.45) is 29.8. The van der Waals surface area contributed by atoms with Crippen LogP contribution >= 0.6 is 7.82 Å². The molecule has 254 valence electrons. The van der Waals surface area contributed by atoms with Gasteiger partial charge in [0.15, 0.2) is 6.10 Å². The molecule has 9 heteroatoms. The molecule has 0 aromatic heterocycles. The Bertz CT molecular complexity index is 727. The van der Waals surface area contributed by atoms with Gasteiger partial charge in [0.1, 0.15) is 6.61 Å². The lowest BCUT2D eigenvalue weighted by Crippen LogP contribution is -2.29. The molecule has 0 aliphatic rings. The molecule has 8 nitrogen and oxygen atoms in total. The zero-order valence-corrected chi connectivity index (χ0v) is 28.8. The molecule has 0 rings (SSSR count). The molecular formula is C34H65O8P. The van der Waals surface area contributed by atoms with Crippen LogP contribution in [0.15, 0.2) is 12.2 Å². The topological polar surface area (TPSA) is 108 Å². The molecule has 0 aromatic carbocycles. The SMILES string of the molecule is CCCC/C=C\CCCCCCCC(=O)OC(COC(=O)CCCCCCCCCCCCCCC)COP(=O)(O)OC. The van der Waals surface area contributed by atoms with E-state index < -0.39 is 26.5 Å². The highest BCUT2D eigenvalue weighted by Gasteiger charge is 2.24.